The van der Waals surface area contributed by atoms with Gasteiger partial charge in [0.1, 0.15) is 0 Å². The molecule has 4 saturated carbocycles. The van der Waals surface area contributed by atoms with Crippen LogP contribution in [0, 0.1) is 50.2 Å². The molecule has 0 aromatic heterocycles. The molecule has 0 amide bonds. The molecule has 4 heteroatoms. The maximum Gasteiger partial charge on any atom is 0.312 e. The zero-order valence-corrected chi connectivity index (χ0v) is 23.4. The van der Waals surface area contributed by atoms with Gasteiger partial charge in [0, 0.05) is 5.92 Å². The molecule has 0 saturated heterocycles. The number of ketones is 1. The number of ether oxygens (including phenoxy) is 1. The molecule has 5 aliphatic rings. The van der Waals surface area contributed by atoms with Gasteiger partial charge in [-0.15, -0.1) is 0 Å². The van der Waals surface area contributed by atoms with Crippen LogP contribution in [0.1, 0.15) is 106 Å². The van der Waals surface area contributed by atoms with E-state index < -0.39 is 5.41 Å². The highest BCUT2D eigenvalue weighted by molar-refractivity contribution is 5.96. The van der Waals surface area contributed by atoms with E-state index in [1.165, 1.54) is 12.7 Å². The van der Waals surface area contributed by atoms with Crippen LogP contribution < -0.4 is 0 Å². The summed E-state index contributed by atoms with van der Waals surface area (Å²) in [7, 11) is 1.52. The first kappa shape index (κ1) is 25.5. The summed E-state index contributed by atoms with van der Waals surface area (Å²) in [5.41, 5.74) is 0.489. The van der Waals surface area contributed by atoms with Gasteiger partial charge in [-0.05, 0) is 103 Å². The van der Waals surface area contributed by atoms with Gasteiger partial charge in [-0.1, -0.05) is 54.0 Å². The maximum absolute atomic E-state index is 14.3. The lowest BCUT2D eigenvalue weighted by Crippen LogP contribution is -2.66. The average Bonchev–Trinajstić information content (AvgIpc) is 2.77. The van der Waals surface area contributed by atoms with Crippen molar-refractivity contribution < 1.29 is 19.4 Å². The van der Waals surface area contributed by atoms with Crippen molar-refractivity contribution in [2.75, 3.05) is 7.11 Å². The number of carbonyl (C=O) groups excluding carboxylic acids is 2. The molecule has 1 N–H and O–H groups in total. The third-order valence-electron chi connectivity index (χ3n) is 13.0. The third kappa shape index (κ3) is 3.07. The number of aliphatic hydroxyl groups is 1. The molecule has 0 radical (unpaired) electrons. The fourth-order valence-electron chi connectivity index (χ4n) is 10.6. The Balaban J connectivity index is 1.65. The van der Waals surface area contributed by atoms with Crippen LogP contribution in [-0.4, -0.2) is 30.1 Å². The van der Waals surface area contributed by atoms with Crippen molar-refractivity contribution in [1.82, 2.24) is 0 Å². The number of hydrogen-bond donors (Lipinski definition) is 1. The molecule has 5 rings (SSSR count). The van der Waals surface area contributed by atoms with Crippen molar-refractivity contribution in [2.24, 2.45) is 50.2 Å². The Labute approximate surface area is 212 Å². The first-order valence-corrected chi connectivity index (χ1v) is 14.1. The fourth-order valence-corrected chi connectivity index (χ4v) is 10.6. The summed E-state index contributed by atoms with van der Waals surface area (Å²) in [6.07, 6.45) is 10.1. The number of rotatable bonds is 1. The maximum atomic E-state index is 14.3. The number of carbonyl (C=O) groups is 2. The molecule has 0 heterocycles. The molecule has 8 atom stereocenters. The molecule has 35 heavy (non-hydrogen) atoms. The highest BCUT2D eigenvalue weighted by Crippen LogP contribution is 2.75. The zero-order chi connectivity index (χ0) is 25.8. The minimum absolute atomic E-state index is 0.0368. The molecule has 0 aliphatic heterocycles. The second-order valence-electron chi connectivity index (χ2n) is 15.2. The van der Waals surface area contributed by atoms with E-state index in [9.17, 15) is 14.7 Å². The first-order chi connectivity index (χ1) is 16.1. The number of hydrogen-bond acceptors (Lipinski definition) is 4. The monoisotopic (exact) mass is 484 g/mol. The second-order valence-corrected chi connectivity index (χ2v) is 15.2. The van der Waals surface area contributed by atoms with Crippen LogP contribution in [-0.2, 0) is 14.3 Å². The molecule has 4 fully saturated rings. The Hall–Kier alpha value is -1.16. The Morgan fingerprint density at radius 1 is 0.943 bits per heavy atom. The normalized spacial score (nSPS) is 50.1. The van der Waals surface area contributed by atoms with Gasteiger partial charge in [0.2, 0.25) is 0 Å². The number of fused-ring (bicyclic) bond motifs is 7. The second kappa shape index (κ2) is 7.45. The molecule has 0 aromatic rings. The van der Waals surface area contributed by atoms with Crippen molar-refractivity contribution in [3.8, 4) is 0 Å². The van der Waals surface area contributed by atoms with E-state index >= 15 is 0 Å². The van der Waals surface area contributed by atoms with Gasteiger partial charge in [-0.2, -0.15) is 0 Å². The molecule has 5 aliphatic carbocycles. The lowest BCUT2D eigenvalue weighted by molar-refractivity contribution is -0.195. The van der Waals surface area contributed by atoms with E-state index in [4.69, 9.17) is 4.74 Å². The van der Waals surface area contributed by atoms with E-state index in [0.717, 1.165) is 57.8 Å². The van der Waals surface area contributed by atoms with E-state index in [-0.39, 0.29) is 56.8 Å². The summed E-state index contributed by atoms with van der Waals surface area (Å²) in [4.78, 5) is 27.7. The van der Waals surface area contributed by atoms with E-state index in [0.29, 0.717) is 5.92 Å². The standard InChI is InChI=1S/C31H48O4/c1-26(2)13-15-31(25(34)35-8)16-14-30(7)24(19(31)18-26)20(32)17-22-28(5)11-10-23(33)27(3,4)21(28)9-12-29(22,30)6/h17,19,21,23-24,33H,9-16,18H2,1-8H3/t19-,21+,23+,24-,28+,29+,30-,31-/m0/s1. The molecule has 0 unspecified atom stereocenters. The Morgan fingerprint density at radius 2 is 1.60 bits per heavy atom. The number of esters is 1. The van der Waals surface area contributed by atoms with Crippen LogP contribution in [0.5, 0.6) is 0 Å². The van der Waals surface area contributed by atoms with Crippen LogP contribution in [0.25, 0.3) is 0 Å². The summed E-state index contributed by atoms with van der Waals surface area (Å²) < 4.78 is 5.43. The highest BCUT2D eigenvalue weighted by atomic mass is 16.5. The fraction of sp³-hybridized carbons (Fsp3) is 0.871. The molecule has 0 spiro atoms. The van der Waals surface area contributed by atoms with Gasteiger partial charge in [0.05, 0.1) is 18.6 Å². The van der Waals surface area contributed by atoms with Gasteiger partial charge < -0.3 is 9.84 Å². The predicted octanol–water partition coefficient (Wildman–Crippen LogP) is 6.50. The van der Waals surface area contributed by atoms with Gasteiger partial charge in [0.15, 0.2) is 5.78 Å². The number of allylic oxidation sites excluding steroid dienone is 2. The van der Waals surface area contributed by atoms with E-state index in [1.54, 1.807) is 0 Å². The molecular formula is C31H48O4. The van der Waals surface area contributed by atoms with Crippen molar-refractivity contribution in [3.05, 3.63) is 11.6 Å². The Kier molecular flexibility index (Phi) is 5.43. The molecule has 0 bridgehead atoms. The molecule has 4 nitrogen and oxygen atoms in total. The van der Waals surface area contributed by atoms with Crippen LogP contribution in [0.3, 0.4) is 0 Å². The average molecular weight is 485 g/mol. The smallest absolute Gasteiger partial charge is 0.312 e. The Bertz CT molecular complexity index is 976. The summed E-state index contributed by atoms with van der Waals surface area (Å²) in [5, 5.41) is 10.9. The summed E-state index contributed by atoms with van der Waals surface area (Å²) >= 11 is 0. The van der Waals surface area contributed by atoms with Crippen LogP contribution in [0.2, 0.25) is 0 Å². The van der Waals surface area contributed by atoms with Crippen molar-refractivity contribution in [1.29, 1.82) is 0 Å². The lowest BCUT2D eigenvalue weighted by atomic mass is 9.34. The van der Waals surface area contributed by atoms with Crippen LogP contribution >= 0.6 is 0 Å². The minimum atomic E-state index is -0.524. The summed E-state index contributed by atoms with van der Waals surface area (Å²) in [6, 6.07) is 0. The first-order valence-electron chi connectivity index (χ1n) is 14.1. The largest absolute Gasteiger partial charge is 0.469 e. The number of aliphatic hydroxyl groups excluding tert-OH is 1. The van der Waals surface area contributed by atoms with Crippen molar-refractivity contribution >= 4 is 11.8 Å². The van der Waals surface area contributed by atoms with Crippen molar-refractivity contribution in [3.63, 3.8) is 0 Å². The quantitative estimate of drug-likeness (QED) is 0.431. The van der Waals surface area contributed by atoms with E-state index in [1.807, 2.05) is 0 Å². The molecule has 0 aromatic carbocycles. The molecular weight excluding hydrogens is 436 g/mol. The lowest BCUT2D eigenvalue weighted by Gasteiger charge is -2.70. The SMILES string of the molecule is COC(=O)[C@]12CCC(C)(C)C[C@H]1[C@H]1C(=O)C=C3[C@]4(C)CC[C@@H](O)C(C)(C)[C@H]4CC[C@@]3(C)[C@@]1(C)CC2. The topological polar surface area (TPSA) is 63.6 Å². The van der Waals surface area contributed by atoms with E-state index in [2.05, 4.69) is 54.5 Å². The summed E-state index contributed by atoms with van der Waals surface area (Å²) in [6.45, 7) is 16.3. The third-order valence-corrected chi connectivity index (χ3v) is 13.0. The van der Waals surface area contributed by atoms with Crippen molar-refractivity contribution in [2.45, 2.75) is 112 Å². The van der Waals surface area contributed by atoms with Crippen LogP contribution in [0.4, 0.5) is 0 Å². The predicted molar refractivity (Wildman–Crippen MR) is 137 cm³/mol. The number of methoxy groups -OCH3 is 1. The zero-order valence-electron chi connectivity index (χ0n) is 23.4. The Morgan fingerprint density at radius 3 is 2.26 bits per heavy atom. The van der Waals surface area contributed by atoms with Gasteiger partial charge in [-0.25, -0.2) is 0 Å². The minimum Gasteiger partial charge on any atom is -0.469 e. The highest BCUT2D eigenvalue weighted by Gasteiger charge is 2.71. The summed E-state index contributed by atoms with van der Waals surface area (Å²) in [5.74, 6) is 0.436. The van der Waals surface area contributed by atoms with Gasteiger partial charge in [0.25, 0.3) is 0 Å². The molecule has 196 valence electrons. The van der Waals surface area contributed by atoms with Crippen LogP contribution in [0.15, 0.2) is 11.6 Å². The van der Waals surface area contributed by atoms with Gasteiger partial charge >= 0.3 is 5.97 Å². The van der Waals surface area contributed by atoms with Gasteiger partial charge in [-0.3, -0.25) is 9.59 Å².